The first-order valence-electron chi connectivity index (χ1n) is 4.75. The van der Waals surface area contributed by atoms with Gasteiger partial charge in [0.05, 0.1) is 5.69 Å². The number of rotatable bonds is 2. The Balaban J connectivity index is 2.48. The van der Waals surface area contributed by atoms with E-state index in [9.17, 15) is 0 Å². The maximum absolute atomic E-state index is 4.31. The lowest BCUT2D eigenvalue weighted by Gasteiger charge is -2.04. The Hall–Kier alpha value is -1.91. The van der Waals surface area contributed by atoms with Crippen molar-refractivity contribution in [1.82, 2.24) is 19.7 Å². The predicted molar refractivity (Wildman–Crippen MR) is 58.2 cm³/mol. The maximum Gasteiger partial charge on any atom is 0.159 e. The first-order valence-corrected chi connectivity index (χ1v) is 4.75. The lowest BCUT2D eigenvalue weighted by molar-refractivity contribution is 0.817. The van der Waals surface area contributed by atoms with Gasteiger partial charge < -0.3 is 5.32 Å². The van der Waals surface area contributed by atoms with Gasteiger partial charge in [-0.05, 0) is 19.9 Å². The van der Waals surface area contributed by atoms with E-state index >= 15 is 0 Å². The molecule has 78 valence electrons. The summed E-state index contributed by atoms with van der Waals surface area (Å²) in [6, 6.07) is 3.80. The number of anilines is 1. The van der Waals surface area contributed by atoms with Gasteiger partial charge in [-0.3, -0.25) is 0 Å². The average molecular weight is 203 g/mol. The minimum absolute atomic E-state index is 0.727. The van der Waals surface area contributed by atoms with Crippen LogP contribution < -0.4 is 5.32 Å². The molecule has 0 spiro atoms. The molecule has 15 heavy (non-hydrogen) atoms. The average Bonchev–Trinajstić information content (AvgIpc) is 2.64. The summed E-state index contributed by atoms with van der Waals surface area (Å²) in [6.07, 6.45) is 1.89. The highest BCUT2D eigenvalue weighted by molar-refractivity contribution is 5.40. The van der Waals surface area contributed by atoms with Crippen molar-refractivity contribution >= 4 is 5.82 Å². The zero-order valence-corrected chi connectivity index (χ0v) is 9.02. The maximum atomic E-state index is 4.31. The second-order valence-electron chi connectivity index (χ2n) is 3.31. The van der Waals surface area contributed by atoms with Crippen molar-refractivity contribution in [2.45, 2.75) is 13.8 Å². The summed E-state index contributed by atoms with van der Waals surface area (Å²) < 4.78 is 1.74. The molecule has 2 aromatic rings. The topological polar surface area (TPSA) is 55.6 Å². The largest absolute Gasteiger partial charge is 0.373 e. The highest BCUT2D eigenvalue weighted by Gasteiger charge is 2.03. The highest BCUT2D eigenvalue weighted by atomic mass is 15.3. The number of nitrogens with one attached hydrogen (secondary N) is 1. The van der Waals surface area contributed by atoms with Crippen LogP contribution in [0.4, 0.5) is 5.82 Å². The van der Waals surface area contributed by atoms with Crippen LogP contribution in [0.1, 0.15) is 11.5 Å². The summed E-state index contributed by atoms with van der Waals surface area (Å²) in [5.74, 6) is 2.30. The molecule has 1 N–H and O–H groups in total. The molecule has 0 saturated carbocycles. The fourth-order valence-electron chi connectivity index (χ4n) is 1.34. The van der Waals surface area contributed by atoms with Gasteiger partial charge in [-0.25, -0.2) is 14.6 Å². The molecule has 0 atom stereocenters. The lowest BCUT2D eigenvalue weighted by Crippen LogP contribution is -2.04. The first kappa shape index (κ1) is 9.64. The second kappa shape index (κ2) is 3.68. The summed E-state index contributed by atoms with van der Waals surface area (Å²) in [4.78, 5) is 8.54. The molecule has 0 radical (unpaired) electrons. The molecule has 5 heteroatoms. The van der Waals surface area contributed by atoms with Gasteiger partial charge in [0.25, 0.3) is 0 Å². The Morgan fingerprint density at radius 1 is 1.27 bits per heavy atom. The van der Waals surface area contributed by atoms with Gasteiger partial charge in [0.2, 0.25) is 0 Å². The molecule has 0 unspecified atom stereocenters. The van der Waals surface area contributed by atoms with Gasteiger partial charge in [-0.1, -0.05) is 0 Å². The fourth-order valence-corrected chi connectivity index (χ4v) is 1.34. The lowest BCUT2D eigenvalue weighted by atomic mass is 10.5. The third kappa shape index (κ3) is 1.96. The molecule has 0 saturated heterocycles. The van der Waals surface area contributed by atoms with Gasteiger partial charge >= 0.3 is 0 Å². The summed E-state index contributed by atoms with van der Waals surface area (Å²) in [5, 5.41) is 7.29. The van der Waals surface area contributed by atoms with Crippen molar-refractivity contribution in [2.24, 2.45) is 0 Å². The van der Waals surface area contributed by atoms with Crippen molar-refractivity contribution in [2.75, 3.05) is 12.4 Å². The monoisotopic (exact) mass is 203 g/mol. The Labute approximate surface area is 88.2 Å². The summed E-state index contributed by atoms with van der Waals surface area (Å²) in [5.41, 5.74) is 0.970. The van der Waals surface area contributed by atoms with Crippen molar-refractivity contribution in [3.63, 3.8) is 0 Å². The molecule has 0 amide bonds. The molecule has 0 aliphatic carbocycles. The molecule has 2 heterocycles. The third-order valence-corrected chi connectivity index (χ3v) is 2.04. The van der Waals surface area contributed by atoms with Crippen molar-refractivity contribution in [3.8, 4) is 5.82 Å². The SMILES string of the molecule is CNc1cc(-n2ccc(C)n2)nc(C)n1. The molecule has 2 aromatic heterocycles. The predicted octanol–water partition coefficient (Wildman–Crippen LogP) is 1.32. The zero-order valence-electron chi connectivity index (χ0n) is 9.02. The minimum atomic E-state index is 0.727. The fraction of sp³-hybridized carbons (Fsp3) is 0.300. The van der Waals surface area contributed by atoms with Crippen molar-refractivity contribution in [3.05, 3.63) is 29.8 Å². The molecular weight excluding hydrogens is 190 g/mol. The summed E-state index contributed by atoms with van der Waals surface area (Å²) in [7, 11) is 1.83. The van der Waals surface area contributed by atoms with Gasteiger partial charge in [0.1, 0.15) is 11.6 Å². The van der Waals surface area contributed by atoms with Crippen LogP contribution in [0.5, 0.6) is 0 Å². The van der Waals surface area contributed by atoms with E-state index in [-0.39, 0.29) is 0 Å². The van der Waals surface area contributed by atoms with Crippen LogP contribution in [-0.2, 0) is 0 Å². The smallest absolute Gasteiger partial charge is 0.159 e. The number of hydrogen-bond donors (Lipinski definition) is 1. The van der Waals surface area contributed by atoms with E-state index in [0.29, 0.717) is 0 Å². The highest BCUT2D eigenvalue weighted by Crippen LogP contribution is 2.09. The van der Waals surface area contributed by atoms with Crippen LogP contribution in [0, 0.1) is 13.8 Å². The third-order valence-electron chi connectivity index (χ3n) is 2.04. The standard InChI is InChI=1S/C10H13N5/c1-7-4-5-15(14-7)10-6-9(11-3)12-8(2)13-10/h4-6H,1-3H3,(H,11,12,13). The van der Waals surface area contributed by atoms with E-state index < -0.39 is 0 Å². The van der Waals surface area contributed by atoms with Gasteiger partial charge in [-0.2, -0.15) is 5.10 Å². The van der Waals surface area contributed by atoms with Crippen molar-refractivity contribution < 1.29 is 0 Å². The van der Waals surface area contributed by atoms with E-state index in [1.54, 1.807) is 4.68 Å². The molecular formula is C10H13N5. The van der Waals surface area contributed by atoms with Gasteiger partial charge in [-0.15, -0.1) is 0 Å². The molecule has 0 fully saturated rings. The molecule has 0 aromatic carbocycles. The molecule has 2 rings (SSSR count). The molecule has 0 bridgehead atoms. The Morgan fingerprint density at radius 2 is 2.07 bits per heavy atom. The minimum Gasteiger partial charge on any atom is -0.373 e. The Bertz CT molecular complexity index is 474. The Morgan fingerprint density at radius 3 is 2.67 bits per heavy atom. The number of nitrogens with zero attached hydrogens (tertiary/aromatic N) is 4. The molecule has 0 aliphatic rings. The van der Waals surface area contributed by atoms with Crippen molar-refractivity contribution in [1.29, 1.82) is 0 Å². The van der Waals surface area contributed by atoms with E-state index in [0.717, 1.165) is 23.2 Å². The van der Waals surface area contributed by atoms with E-state index in [2.05, 4.69) is 20.4 Å². The molecule has 5 nitrogen and oxygen atoms in total. The summed E-state index contributed by atoms with van der Waals surface area (Å²) >= 11 is 0. The van der Waals surface area contributed by atoms with Gasteiger partial charge in [0.15, 0.2) is 5.82 Å². The van der Waals surface area contributed by atoms with Crippen LogP contribution in [0.25, 0.3) is 5.82 Å². The van der Waals surface area contributed by atoms with E-state index in [1.165, 1.54) is 0 Å². The van der Waals surface area contributed by atoms with Gasteiger partial charge in [0, 0.05) is 19.3 Å². The van der Waals surface area contributed by atoms with Crippen LogP contribution in [0.2, 0.25) is 0 Å². The van der Waals surface area contributed by atoms with Crippen LogP contribution in [0.3, 0.4) is 0 Å². The van der Waals surface area contributed by atoms with Crippen LogP contribution in [0.15, 0.2) is 18.3 Å². The second-order valence-corrected chi connectivity index (χ2v) is 3.31. The number of aromatic nitrogens is 4. The first-order chi connectivity index (χ1) is 7.19. The van der Waals surface area contributed by atoms with Crippen LogP contribution >= 0.6 is 0 Å². The van der Waals surface area contributed by atoms with Crippen LogP contribution in [-0.4, -0.2) is 26.8 Å². The quantitative estimate of drug-likeness (QED) is 0.799. The Kier molecular flexibility index (Phi) is 2.37. The normalized spacial score (nSPS) is 10.3. The van der Waals surface area contributed by atoms with E-state index in [4.69, 9.17) is 0 Å². The summed E-state index contributed by atoms with van der Waals surface area (Å²) in [6.45, 7) is 3.81. The van der Waals surface area contributed by atoms with E-state index in [1.807, 2.05) is 39.2 Å². The molecule has 0 aliphatic heterocycles. The number of hydrogen-bond acceptors (Lipinski definition) is 4. The number of aryl methyl sites for hydroxylation is 2. The zero-order chi connectivity index (χ0) is 10.8.